The van der Waals surface area contributed by atoms with E-state index in [1.807, 2.05) is 6.07 Å². The fourth-order valence-electron chi connectivity index (χ4n) is 2.52. The Labute approximate surface area is 122 Å². The fraction of sp³-hybridized carbons (Fsp3) is 0.571. The van der Waals surface area contributed by atoms with Crippen molar-refractivity contribution < 1.29 is 9.47 Å². The Morgan fingerprint density at radius 2 is 2.21 bits per heavy atom. The molecule has 0 bridgehead atoms. The van der Waals surface area contributed by atoms with Gasteiger partial charge in [-0.15, -0.1) is 0 Å². The van der Waals surface area contributed by atoms with Gasteiger partial charge in [0.2, 0.25) is 0 Å². The van der Waals surface area contributed by atoms with Gasteiger partial charge in [-0.2, -0.15) is 0 Å². The lowest BCUT2D eigenvalue weighted by Crippen LogP contribution is -2.31. The Balaban J connectivity index is 2.05. The van der Waals surface area contributed by atoms with Gasteiger partial charge in [-0.3, -0.25) is 11.3 Å². The van der Waals surface area contributed by atoms with E-state index in [0.29, 0.717) is 5.92 Å². The van der Waals surface area contributed by atoms with Gasteiger partial charge in [0.25, 0.3) is 0 Å². The first kappa shape index (κ1) is 14.8. The van der Waals surface area contributed by atoms with E-state index < -0.39 is 0 Å². The van der Waals surface area contributed by atoms with E-state index in [4.69, 9.17) is 15.3 Å². The Morgan fingerprint density at radius 1 is 1.47 bits per heavy atom. The third-order valence-corrected chi connectivity index (χ3v) is 4.31. The smallest absolute Gasteiger partial charge is 0.133 e. The third-order valence-electron chi connectivity index (χ3n) is 3.69. The quantitative estimate of drug-likeness (QED) is 0.644. The molecular weight excluding hydrogens is 308 g/mol. The zero-order chi connectivity index (χ0) is 13.7. The normalized spacial score (nSPS) is 18.3. The summed E-state index contributed by atoms with van der Waals surface area (Å²) < 4.78 is 11.6. The molecule has 5 heteroatoms. The van der Waals surface area contributed by atoms with Crippen molar-refractivity contribution in [1.29, 1.82) is 0 Å². The summed E-state index contributed by atoms with van der Waals surface area (Å²) in [4.78, 5) is 0. The second-order valence-electron chi connectivity index (χ2n) is 4.90. The molecule has 1 atom stereocenters. The Morgan fingerprint density at radius 3 is 2.79 bits per heavy atom. The average molecular weight is 329 g/mol. The second kappa shape index (κ2) is 7.24. The van der Waals surface area contributed by atoms with Crippen molar-refractivity contribution in [2.75, 3.05) is 20.3 Å². The predicted molar refractivity (Wildman–Crippen MR) is 78.9 cm³/mol. The highest BCUT2D eigenvalue weighted by molar-refractivity contribution is 9.10. The molecule has 106 valence electrons. The van der Waals surface area contributed by atoms with Gasteiger partial charge in [-0.25, -0.2) is 0 Å². The molecule has 2 rings (SSSR count). The Kier molecular flexibility index (Phi) is 5.63. The van der Waals surface area contributed by atoms with Crippen LogP contribution in [0.1, 0.15) is 30.9 Å². The summed E-state index contributed by atoms with van der Waals surface area (Å²) in [6.07, 6.45) is 3.28. The minimum absolute atomic E-state index is 0.172. The van der Waals surface area contributed by atoms with Gasteiger partial charge in [-0.05, 0) is 58.8 Å². The summed E-state index contributed by atoms with van der Waals surface area (Å²) >= 11 is 3.52. The van der Waals surface area contributed by atoms with E-state index in [0.717, 1.165) is 42.7 Å². The summed E-state index contributed by atoms with van der Waals surface area (Å²) in [5, 5.41) is 0. The zero-order valence-corrected chi connectivity index (χ0v) is 12.8. The number of hydrogen-bond donors (Lipinski definition) is 2. The lowest BCUT2D eigenvalue weighted by Gasteiger charge is -2.26. The molecule has 1 aliphatic heterocycles. The van der Waals surface area contributed by atoms with Gasteiger partial charge in [0.1, 0.15) is 5.75 Å². The van der Waals surface area contributed by atoms with Crippen LogP contribution in [-0.2, 0) is 4.74 Å². The van der Waals surface area contributed by atoms with Crippen molar-refractivity contribution in [3.63, 3.8) is 0 Å². The zero-order valence-electron chi connectivity index (χ0n) is 11.2. The maximum absolute atomic E-state index is 5.71. The monoisotopic (exact) mass is 328 g/mol. The molecule has 0 aliphatic carbocycles. The number of nitrogens with one attached hydrogen (secondary N) is 1. The summed E-state index contributed by atoms with van der Waals surface area (Å²) in [7, 11) is 1.67. The number of hydrogen-bond acceptors (Lipinski definition) is 4. The van der Waals surface area contributed by atoms with E-state index >= 15 is 0 Å². The number of ether oxygens (including phenoxy) is 2. The molecule has 1 fully saturated rings. The molecule has 1 aromatic carbocycles. The summed E-state index contributed by atoms with van der Waals surface area (Å²) in [6.45, 7) is 1.74. The van der Waals surface area contributed by atoms with Crippen LogP contribution in [0, 0.1) is 5.92 Å². The number of halogens is 1. The molecule has 1 unspecified atom stereocenters. The lowest BCUT2D eigenvalue weighted by atomic mass is 9.90. The van der Waals surface area contributed by atoms with Gasteiger partial charge >= 0.3 is 0 Å². The second-order valence-corrected chi connectivity index (χ2v) is 5.76. The van der Waals surface area contributed by atoms with Crippen LogP contribution in [0.3, 0.4) is 0 Å². The number of benzene rings is 1. The average Bonchev–Trinajstić information content (AvgIpc) is 2.46. The highest BCUT2D eigenvalue weighted by Gasteiger charge is 2.20. The lowest BCUT2D eigenvalue weighted by molar-refractivity contribution is 0.0605. The predicted octanol–water partition coefficient (Wildman–Crippen LogP) is 2.78. The van der Waals surface area contributed by atoms with Crippen LogP contribution in [0.2, 0.25) is 0 Å². The molecule has 0 amide bonds. The van der Waals surface area contributed by atoms with Crippen LogP contribution >= 0.6 is 15.9 Å². The Bertz CT molecular complexity index is 408. The van der Waals surface area contributed by atoms with Gasteiger partial charge in [0, 0.05) is 19.3 Å². The molecule has 1 saturated heterocycles. The van der Waals surface area contributed by atoms with Crippen molar-refractivity contribution in [2.24, 2.45) is 11.8 Å². The first-order valence-electron chi connectivity index (χ1n) is 6.62. The molecule has 3 N–H and O–H groups in total. The number of hydrazine groups is 1. The van der Waals surface area contributed by atoms with Gasteiger partial charge in [-0.1, -0.05) is 6.07 Å². The van der Waals surface area contributed by atoms with E-state index in [1.54, 1.807) is 7.11 Å². The van der Waals surface area contributed by atoms with Crippen molar-refractivity contribution in [3.05, 3.63) is 28.2 Å². The molecule has 1 aliphatic rings. The van der Waals surface area contributed by atoms with Crippen LogP contribution in [-0.4, -0.2) is 20.3 Å². The van der Waals surface area contributed by atoms with Crippen molar-refractivity contribution in [2.45, 2.75) is 25.3 Å². The standard InChI is InChI=1S/C14H21BrN2O2/c1-18-14-3-2-11(9-12(14)15)13(17-16)8-10-4-6-19-7-5-10/h2-3,9-10,13,17H,4-8,16H2,1H3. The van der Waals surface area contributed by atoms with Gasteiger partial charge in [0.15, 0.2) is 0 Å². The van der Waals surface area contributed by atoms with Crippen LogP contribution in [0.4, 0.5) is 0 Å². The van der Waals surface area contributed by atoms with E-state index in [-0.39, 0.29) is 6.04 Å². The number of methoxy groups -OCH3 is 1. The van der Waals surface area contributed by atoms with E-state index in [1.165, 1.54) is 5.56 Å². The maximum atomic E-state index is 5.71. The first-order chi connectivity index (χ1) is 9.24. The third kappa shape index (κ3) is 3.92. The highest BCUT2D eigenvalue weighted by Crippen LogP contribution is 2.32. The summed E-state index contributed by atoms with van der Waals surface area (Å²) in [6, 6.07) is 6.27. The Hall–Kier alpha value is -0.620. The summed E-state index contributed by atoms with van der Waals surface area (Å²) in [5.41, 5.74) is 4.11. The van der Waals surface area contributed by atoms with Crippen molar-refractivity contribution >= 4 is 15.9 Å². The number of rotatable bonds is 5. The van der Waals surface area contributed by atoms with Crippen molar-refractivity contribution in [3.8, 4) is 5.75 Å². The van der Waals surface area contributed by atoms with Gasteiger partial charge in [0.05, 0.1) is 11.6 Å². The highest BCUT2D eigenvalue weighted by atomic mass is 79.9. The van der Waals surface area contributed by atoms with Crippen molar-refractivity contribution in [1.82, 2.24) is 5.43 Å². The molecule has 4 nitrogen and oxygen atoms in total. The van der Waals surface area contributed by atoms with Crippen LogP contribution in [0.25, 0.3) is 0 Å². The molecule has 0 aromatic heterocycles. The van der Waals surface area contributed by atoms with E-state index in [9.17, 15) is 0 Å². The molecule has 19 heavy (non-hydrogen) atoms. The first-order valence-corrected chi connectivity index (χ1v) is 7.41. The topological polar surface area (TPSA) is 56.5 Å². The SMILES string of the molecule is COc1ccc(C(CC2CCOCC2)NN)cc1Br. The largest absolute Gasteiger partial charge is 0.496 e. The molecule has 1 aromatic rings. The molecule has 0 radical (unpaired) electrons. The number of nitrogens with two attached hydrogens (primary N) is 1. The van der Waals surface area contributed by atoms with E-state index in [2.05, 4.69) is 33.5 Å². The van der Waals surface area contributed by atoms with Crippen LogP contribution in [0.5, 0.6) is 5.75 Å². The molecular formula is C14H21BrN2O2. The van der Waals surface area contributed by atoms with Gasteiger partial charge < -0.3 is 9.47 Å². The summed E-state index contributed by atoms with van der Waals surface area (Å²) in [5.74, 6) is 7.23. The molecule has 1 heterocycles. The molecule has 0 saturated carbocycles. The van der Waals surface area contributed by atoms with Crippen LogP contribution in [0.15, 0.2) is 22.7 Å². The maximum Gasteiger partial charge on any atom is 0.133 e. The fourth-order valence-corrected chi connectivity index (χ4v) is 3.07. The minimum atomic E-state index is 0.172. The minimum Gasteiger partial charge on any atom is -0.496 e. The van der Waals surface area contributed by atoms with Crippen LogP contribution < -0.4 is 16.0 Å². The molecule has 0 spiro atoms.